The van der Waals surface area contributed by atoms with Crippen LogP contribution in [-0.2, 0) is 9.59 Å². The number of hydrogen-bond donors (Lipinski definition) is 1. The minimum absolute atomic E-state index is 0. The van der Waals surface area contributed by atoms with Crippen molar-refractivity contribution in [2.75, 3.05) is 0 Å². The van der Waals surface area contributed by atoms with E-state index < -0.39 is 11.9 Å². The molecule has 0 spiro atoms. The Bertz CT molecular complexity index is 161. The first-order valence-electron chi connectivity index (χ1n) is 3.89. The van der Waals surface area contributed by atoms with E-state index in [-0.39, 0.29) is 36.8 Å². The molecular formula is C8H15NaO3. The predicted octanol–water partition coefficient (Wildman–Crippen LogP) is -1.42. The zero-order valence-electron chi connectivity index (χ0n) is 8.96. The summed E-state index contributed by atoms with van der Waals surface area (Å²) in [6.07, 6.45) is 1.52. The van der Waals surface area contributed by atoms with Gasteiger partial charge in [0.2, 0.25) is 0 Å². The maximum Gasteiger partial charge on any atom is 1.00 e. The van der Waals surface area contributed by atoms with E-state index in [9.17, 15) is 9.59 Å². The van der Waals surface area contributed by atoms with Gasteiger partial charge >= 0.3 is 35.5 Å². The molecule has 12 heavy (non-hydrogen) atoms. The number of aliphatic carboxylic acids is 1. The van der Waals surface area contributed by atoms with Crippen molar-refractivity contribution in [2.45, 2.75) is 33.1 Å². The van der Waals surface area contributed by atoms with Gasteiger partial charge in [0, 0.05) is 6.42 Å². The van der Waals surface area contributed by atoms with Gasteiger partial charge in [0.1, 0.15) is 11.7 Å². The van der Waals surface area contributed by atoms with Crippen LogP contribution in [0.2, 0.25) is 0 Å². The molecule has 0 aliphatic rings. The predicted molar refractivity (Wildman–Crippen MR) is 42.4 cm³/mol. The van der Waals surface area contributed by atoms with E-state index in [4.69, 9.17) is 5.11 Å². The van der Waals surface area contributed by atoms with Crippen molar-refractivity contribution in [1.82, 2.24) is 0 Å². The normalized spacial score (nSPS) is 11.5. The molecule has 0 radical (unpaired) electrons. The number of carboxylic acid groups (broad SMARTS) is 1. The summed E-state index contributed by atoms with van der Waals surface area (Å²) in [6.45, 7) is 3.56. The van der Waals surface area contributed by atoms with Crippen molar-refractivity contribution < 1.29 is 45.7 Å². The zero-order valence-corrected chi connectivity index (χ0v) is 9.96. The summed E-state index contributed by atoms with van der Waals surface area (Å²) < 4.78 is 0. The minimum Gasteiger partial charge on any atom is -1.00 e. The molecule has 0 rings (SSSR count). The maximum atomic E-state index is 11.0. The van der Waals surface area contributed by atoms with Crippen LogP contribution in [-0.4, -0.2) is 16.9 Å². The minimum atomic E-state index is -0.987. The first kappa shape index (κ1) is 14.7. The second kappa shape index (κ2) is 7.77. The van der Waals surface area contributed by atoms with Gasteiger partial charge in [0.25, 0.3) is 0 Å². The number of Topliss-reactive ketones (excluding diaryl/α,β-unsaturated/α-hetero) is 1. The monoisotopic (exact) mass is 182 g/mol. The SMILES string of the molecule is CCCC(C(=O)O)C(=O)CC.[H-].[Na+]. The Balaban J connectivity index is -0.000000500. The number of carbonyl (C=O) groups is 2. The third-order valence-electron chi connectivity index (χ3n) is 1.61. The number of ketones is 1. The van der Waals surface area contributed by atoms with Crippen LogP contribution < -0.4 is 29.6 Å². The number of hydrogen-bond acceptors (Lipinski definition) is 2. The van der Waals surface area contributed by atoms with E-state index in [2.05, 4.69) is 0 Å². The third kappa shape index (κ3) is 4.91. The largest absolute Gasteiger partial charge is 1.00 e. The van der Waals surface area contributed by atoms with Gasteiger partial charge in [0.05, 0.1) is 0 Å². The fourth-order valence-corrected chi connectivity index (χ4v) is 0.957. The summed E-state index contributed by atoms with van der Waals surface area (Å²) in [6, 6.07) is 0. The Morgan fingerprint density at radius 1 is 1.42 bits per heavy atom. The quantitative estimate of drug-likeness (QED) is 0.419. The summed E-state index contributed by atoms with van der Waals surface area (Å²) in [4.78, 5) is 21.4. The fraction of sp³-hybridized carbons (Fsp3) is 0.750. The number of carboxylic acids is 1. The molecule has 3 nitrogen and oxygen atoms in total. The van der Waals surface area contributed by atoms with Gasteiger partial charge < -0.3 is 6.53 Å². The molecule has 1 unspecified atom stereocenters. The number of carbonyl (C=O) groups excluding carboxylic acids is 1. The molecule has 0 fully saturated rings. The van der Waals surface area contributed by atoms with Crippen LogP contribution in [0.4, 0.5) is 0 Å². The summed E-state index contributed by atoms with van der Waals surface area (Å²) in [5, 5.41) is 8.59. The smallest absolute Gasteiger partial charge is 1.00 e. The second-order valence-corrected chi connectivity index (χ2v) is 2.50. The maximum absolute atomic E-state index is 11.0. The van der Waals surface area contributed by atoms with Crippen molar-refractivity contribution in [3.8, 4) is 0 Å². The molecule has 0 heterocycles. The van der Waals surface area contributed by atoms with Crippen LogP contribution >= 0.6 is 0 Å². The van der Waals surface area contributed by atoms with Gasteiger partial charge in [-0.3, -0.25) is 9.59 Å². The van der Waals surface area contributed by atoms with Gasteiger partial charge in [0.15, 0.2) is 0 Å². The van der Waals surface area contributed by atoms with Crippen LogP contribution in [0.25, 0.3) is 0 Å². The van der Waals surface area contributed by atoms with Crippen LogP contribution in [0.1, 0.15) is 34.5 Å². The van der Waals surface area contributed by atoms with Crippen molar-refractivity contribution in [3.05, 3.63) is 0 Å². The molecular weight excluding hydrogens is 167 g/mol. The van der Waals surface area contributed by atoms with Gasteiger partial charge in [-0.05, 0) is 6.42 Å². The average molecular weight is 182 g/mol. The molecule has 4 heteroatoms. The first-order chi connectivity index (χ1) is 5.13. The topological polar surface area (TPSA) is 54.4 Å². The zero-order chi connectivity index (χ0) is 8.85. The summed E-state index contributed by atoms with van der Waals surface area (Å²) >= 11 is 0. The Labute approximate surface area is 96.3 Å². The van der Waals surface area contributed by atoms with Crippen LogP contribution in [0.3, 0.4) is 0 Å². The van der Waals surface area contributed by atoms with Crippen molar-refractivity contribution in [1.29, 1.82) is 0 Å². The van der Waals surface area contributed by atoms with Gasteiger partial charge in [-0.1, -0.05) is 20.3 Å². The van der Waals surface area contributed by atoms with Gasteiger partial charge in [-0.2, -0.15) is 0 Å². The van der Waals surface area contributed by atoms with Gasteiger partial charge in [-0.25, -0.2) is 0 Å². The van der Waals surface area contributed by atoms with Crippen molar-refractivity contribution in [3.63, 3.8) is 0 Å². The van der Waals surface area contributed by atoms with Crippen LogP contribution in [0.15, 0.2) is 0 Å². The van der Waals surface area contributed by atoms with Crippen molar-refractivity contribution >= 4 is 11.8 Å². The van der Waals surface area contributed by atoms with E-state index in [1.54, 1.807) is 6.92 Å². The Hall–Kier alpha value is 0.140. The molecule has 0 aromatic heterocycles. The molecule has 0 aromatic rings. The molecule has 1 N–H and O–H groups in total. The Morgan fingerprint density at radius 3 is 2.17 bits per heavy atom. The first-order valence-corrected chi connectivity index (χ1v) is 3.89. The molecule has 66 valence electrons. The molecule has 0 saturated carbocycles. The average Bonchev–Trinajstić information content (AvgIpc) is 1.98. The molecule has 0 saturated heterocycles. The van der Waals surface area contributed by atoms with E-state index in [1.165, 1.54) is 0 Å². The van der Waals surface area contributed by atoms with Crippen LogP contribution in [0.5, 0.6) is 0 Å². The third-order valence-corrected chi connectivity index (χ3v) is 1.61. The van der Waals surface area contributed by atoms with E-state index in [0.29, 0.717) is 12.8 Å². The summed E-state index contributed by atoms with van der Waals surface area (Å²) in [7, 11) is 0. The van der Waals surface area contributed by atoms with Gasteiger partial charge in [-0.15, -0.1) is 0 Å². The molecule has 0 bridgehead atoms. The molecule has 1 atom stereocenters. The molecule has 0 amide bonds. The van der Waals surface area contributed by atoms with E-state index in [1.807, 2.05) is 6.92 Å². The second-order valence-electron chi connectivity index (χ2n) is 2.50. The summed E-state index contributed by atoms with van der Waals surface area (Å²) in [5.74, 6) is -1.93. The Kier molecular flexibility index (Phi) is 9.49. The molecule has 0 aliphatic heterocycles. The molecule has 0 aliphatic carbocycles. The summed E-state index contributed by atoms with van der Waals surface area (Å²) in [5.41, 5.74) is 0. The standard InChI is InChI=1S/C8H14O3.Na.H/c1-3-5-6(8(10)11)7(9)4-2;;/h6H,3-5H2,1-2H3,(H,10,11);;/q;+1;-1. The van der Waals surface area contributed by atoms with E-state index in [0.717, 1.165) is 6.42 Å². The van der Waals surface area contributed by atoms with Crippen LogP contribution in [0, 0.1) is 5.92 Å². The molecule has 0 aromatic carbocycles. The van der Waals surface area contributed by atoms with E-state index >= 15 is 0 Å². The van der Waals surface area contributed by atoms with Crippen molar-refractivity contribution in [2.24, 2.45) is 5.92 Å². The Morgan fingerprint density at radius 2 is 1.92 bits per heavy atom. The number of rotatable bonds is 5. The fourth-order valence-electron chi connectivity index (χ4n) is 0.957.